The van der Waals surface area contributed by atoms with Crippen molar-refractivity contribution in [2.45, 2.75) is 30.7 Å². The quantitative estimate of drug-likeness (QED) is 0.856. The molecule has 1 nitrogen and oxygen atoms in total. The number of rotatable bonds is 4. The van der Waals surface area contributed by atoms with Crippen LogP contribution in [0.2, 0.25) is 0 Å². The van der Waals surface area contributed by atoms with Crippen LogP contribution in [0.5, 0.6) is 0 Å². The van der Waals surface area contributed by atoms with Crippen molar-refractivity contribution in [3.8, 4) is 0 Å². The van der Waals surface area contributed by atoms with Gasteiger partial charge in [0, 0.05) is 16.7 Å². The van der Waals surface area contributed by atoms with E-state index in [0.29, 0.717) is 6.04 Å². The molecule has 1 aromatic rings. The summed E-state index contributed by atoms with van der Waals surface area (Å²) in [5.41, 5.74) is 3.99. The van der Waals surface area contributed by atoms with Gasteiger partial charge in [-0.05, 0) is 42.7 Å². The van der Waals surface area contributed by atoms with Gasteiger partial charge in [-0.25, -0.2) is 0 Å². The molecule has 0 bridgehead atoms. The highest BCUT2D eigenvalue weighted by atomic mass is 32.2. The minimum absolute atomic E-state index is 0.393. The van der Waals surface area contributed by atoms with E-state index in [2.05, 4.69) is 37.0 Å². The third-order valence-electron chi connectivity index (χ3n) is 3.24. The molecule has 0 aliphatic carbocycles. The molecule has 1 N–H and O–H groups in total. The molecule has 0 saturated heterocycles. The first-order valence-electron chi connectivity index (χ1n) is 5.88. The second-order valence-corrected chi connectivity index (χ2v) is 5.33. The van der Waals surface area contributed by atoms with Gasteiger partial charge in [-0.15, -0.1) is 11.8 Å². The lowest BCUT2D eigenvalue weighted by Gasteiger charge is -2.17. The van der Waals surface area contributed by atoms with Crippen LogP contribution in [0.4, 0.5) is 0 Å². The molecule has 1 heterocycles. The third-order valence-corrected chi connectivity index (χ3v) is 4.34. The monoisotopic (exact) mass is 233 g/mol. The van der Waals surface area contributed by atoms with E-state index in [1.165, 1.54) is 33.8 Å². The molecule has 2 heteroatoms. The highest BCUT2D eigenvalue weighted by Gasteiger charge is 2.15. The predicted molar refractivity (Wildman–Crippen MR) is 73.0 cm³/mol. The van der Waals surface area contributed by atoms with Crippen LogP contribution in [-0.4, -0.2) is 18.8 Å². The van der Waals surface area contributed by atoms with Crippen molar-refractivity contribution < 1.29 is 0 Å². The summed E-state index contributed by atoms with van der Waals surface area (Å²) in [6.07, 6.45) is 2.30. The van der Waals surface area contributed by atoms with Gasteiger partial charge in [0.1, 0.15) is 0 Å². The van der Waals surface area contributed by atoms with Gasteiger partial charge in [-0.3, -0.25) is 0 Å². The minimum atomic E-state index is 0.393. The van der Waals surface area contributed by atoms with Crippen molar-refractivity contribution in [2.24, 2.45) is 0 Å². The number of hydrogen-bond acceptors (Lipinski definition) is 2. The molecule has 0 amide bonds. The summed E-state index contributed by atoms with van der Waals surface area (Å²) in [6.45, 7) is 6.41. The SMILES string of the molecule is C=C(c1ccc2c(c1)SCC2)C(CC)NC. The van der Waals surface area contributed by atoms with Crippen LogP contribution < -0.4 is 5.32 Å². The maximum Gasteiger partial charge on any atom is 0.0314 e. The lowest BCUT2D eigenvalue weighted by atomic mass is 9.97. The molecule has 1 aromatic carbocycles. The number of fused-ring (bicyclic) bond motifs is 1. The normalized spacial score (nSPS) is 15.9. The fourth-order valence-corrected chi connectivity index (χ4v) is 3.30. The summed E-state index contributed by atoms with van der Waals surface area (Å²) in [7, 11) is 2.00. The lowest BCUT2D eigenvalue weighted by Crippen LogP contribution is -2.25. The predicted octanol–water partition coefficient (Wildman–Crippen LogP) is 3.35. The zero-order chi connectivity index (χ0) is 11.5. The largest absolute Gasteiger partial charge is 0.313 e. The fourth-order valence-electron chi connectivity index (χ4n) is 2.19. The Balaban J connectivity index is 2.24. The summed E-state index contributed by atoms with van der Waals surface area (Å²) in [4.78, 5) is 1.45. The smallest absolute Gasteiger partial charge is 0.0314 e. The molecular formula is C14H19NS. The average molecular weight is 233 g/mol. The molecule has 1 atom stereocenters. The molecule has 0 fully saturated rings. The van der Waals surface area contributed by atoms with E-state index in [9.17, 15) is 0 Å². The Bertz CT molecular complexity index is 394. The van der Waals surface area contributed by atoms with Gasteiger partial charge in [-0.1, -0.05) is 25.6 Å². The Morgan fingerprint density at radius 2 is 2.38 bits per heavy atom. The van der Waals surface area contributed by atoms with Crippen molar-refractivity contribution >= 4 is 17.3 Å². The van der Waals surface area contributed by atoms with Gasteiger partial charge in [0.2, 0.25) is 0 Å². The molecular weight excluding hydrogens is 214 g/mol. The second kappa shape index (κ2) is 5.07. The Labute approximate surface area is 102 Å². The number of hydrogen-bond donors (Lipinski definition) is 1. The van der Waals surface area contributed by atoms with Gasteiger partial charge in [-0.2, -0.15) is 0 Å². The van der Waals surface area contributed by atoms with Crippen molar-refractivity contribution in [1.29, 1.82) is 0 Å². The van der Waals surface area contributed by atoms with Crippen molar-refractivity contribution in [1.82, 2.24) is 5.32 Å². The first-order valence-corrected chi connectivity index (χ1v) is 6.87. The Morgan fingerprint density at radius 3 is 3.06 bits per heavy atom. The zero-order valence-electron chi connectivity index (χ0n) is 10.0. The van der Waals surface area contributed by atoms with Crippen molar-refractivity contribution in [2.75, 3.05) is 12.8 Å². The molecule has 1 aliphatic rings. The van der Waals surface area contributed by atoms with Crippen LogP contribution in [0, 0.1) is 0 Å². The molecule has 0 saturated carbocycles. The molecule has 0 spiro atoms. The number of nitrogens with one attached hydrogen (secondary N) is 1. The molecule has 0 radical (unpaired) electrons. The van der Waals surface area contributed by atoms with Crippen LogP contribution in [0.15, 0.2) is 29.7 Å². The summed E-state index contributed by atoms with van der Waals surface area (Å²) in [5, 5.41) is 3.31. The van der Waals surface area contributed by atoms with Gasteiger partial charge < -0.3 is 5.32 Å². The topological polar surface area (TPSA) is 12.0 Å². The van der Waals surface area contributed by atoms with Crippen LogP contribution >= 0.6 is 11.8 Å². The van der Waals surface area contributed by atoms with Gasteiger partial charge in [0.05, 0.1) is 0 Å². The number of benzene rings is 1. The second-order valence-electron chi connectivity index (χ2n) is 4.20. The van der Waals surface area contributed by atoms with Crippen LogP contribution in [0.1, 0.15) is 24.5 Å². The van der Waals surface area contributed by atoms with E-state index >= 15 is 0 Å². The van der Waals surface area contributed by atoms with E-state index in [4.69, 9.17) is 0 Å². The summed E-state index contributed by atoms with van der Waals surface area (Å²) < 4.78 is 0. The Hall–Kier alpha value is -0.730. The van der Waals surface area contributed by atoms with E-state index in [1.54, 1.807) is 0 Å². The van der Waals surface area contributed by atoms with E-state index in [0.717, 1.165) is 6.42 Å². The summed E-state index contributed by atoms with van der Waals surface area (Å²) >= 11 is 1.96. The molecule has 1 aliphatic heterocycles. The molecule has 0 aromatic heterocycles. The Kier molecular flexibility index (Phi) is 3.72. The van der Waals surface area contributed by atoms with Crippen molar-refractivity contribution in [3.05, 3.63) is 35.9 Å². The van der Waals surface area contributed by atoms with Crippen LogP contribution in [-0.2, 0) is 6.42 Å². The van der Waals surface area contributed by atoms with E-state index < -0.39 is 0 Å². The first-order chi connectivity index (χ1) is 7.76. The summed E-state index contributed by atoms with van der Waals surface area (Å²) in [6, 6.07) is 7.17. The molecule has 1 unspecified atom stereocenters. The molecule has 86 valence electrons. The van der Waals surface area contributed by atoms with Gasteiger partial charge >= 0.3 is 0 Å². The van der Waals surface area contributed by atoms with E-state index in [-0.39, 0.29) is 0 Å². The minimum Gasteiger partial charge on any atom is -0.313 e. The lowest BCUT2D eigenvalue weighted by molar-refractivity contribution is 0.663. The van der Waals surface area contributed by atoms with Gasteiger partial charge in [0.15, 0.2) is 0 Å². The van der Waals surface area contributed by atoms with Crippen molar-refractivity contribution in [3.63, 3.8) is 0 Å². The van der Waals surface area contributed by atoms with Crippen LogP contribution in [0.25, 0.3) is 5.57 Å². The molecule has 2 rings (SSSR count). The maximum absolute atomic E-state index is 4.22. The first kappa shape index (κ1) is 11.7. The third kappa shape index (κ3) is 2.18. The van der Waals surface area contributed by atoms with Crippen LogP contribution in [0.3, 0.4) is 0 Å². The zero-order valence-corrected chi connectivity index (χ0v) is 10.9. The molecule has 16 heavy (non-hydrogen) atoms. The fraction of sp³-hybridized carbons (Fsp3) is 0.429. The standard InChI is InChI=1S/C14H19NS/c1-4-13(15-3)10(2)12-6-5-11-7-8-16-14(11)9-12/h5-6,9,13,15H,2,4,7-8H2,1,3H3. The highest BCUT2D eigenvalue weighted by molar-refractivity contribution is 7.99. The van der Waals surface area contributed by atoms with Gasteiger partial charge in [0.25, 0.3) is 0 Å². The average Bonchev–Trinajstić information content (AvgIpc) is 2.77. The summed E-state index contributed by atoms with van der Waals surface area (Å²) in [5.74, 6) is 1.23. The number of likely N-dealkylation sites (N-methyl/N-ethyl adjacent to an activating group) is 1. The Morgan fingerprint density at radius 1 is 1.56 bits per heavy atom. The number of thioether (sulfide) groups is 1. The van der Waals surface area contributed by atoms with E-state index in [1.807, 2.05) is 18.8 Å². The maximum atomic E-state index is 4.22. The number of aryl methyl sites for hydroxylation is 1. The highest BCUT2D eigenvalue weighted by Crippen LogP contribution is 2.33.